The maximum absolute atomic E-state index is 13.4. The molecule has 1 unspecified atom stereocenters. The summed E-state index contributed by atoms with van der Waals surface area (Å²) in [5.74, 6) is 1.54. The molecule has 1 aromatic heterocycles. The third-order valence-electron chi connectivity index (χ3n) is 5.19. The van der Waals surface area contributed by atoms with Crippen LogP contribution in [0, 0.1) is 5.82 Å². The number of ether oxygens (including phenoxy) is 2. The first kappa shape index (κ1) is 19.9. The van der Waals surface area contributed by atoms with Crippen molar-refractivity contribution in [3.63, 3.8) is 0 Å². The molecule has 3 aromatic rings. The van der Waals surface area contributed by atoms with E-state index < -0.39 is 0 Å². The van der Waals surface area contributed by atoms with Crippen molar-refractivity contribution in [2.75, 3.05) is 20.8 Å². The number of carbonyl (C=O) groups is 1. The van der Waals surface area contributed by atoms with E-state index in [1.54, 1.807) is 43.4 Å². The first-order valence-electron chi connectivity index (χ1n) is 9.69. The van der Waals surface area contributed by atoms with Crippen LogP contribution in [0.25, 0.3) is 11.4 Å². The van der Waals surface area contributed by atoms with Gasteiger partial charge in [-0.25, -0.2) is 4.39 Å². The van der Waals surface area contributed by atoms with Gasteiger partial charge in [-0.15, -0.1) is 0 Å². The molecule has 1 saturated heterocycles. The summed E-state index contributed by atoms with van der Waals surface area (Å²) in [6, 6.07) is 11.2. The van der Waals surface area contributed by atoms with E-state index >= 15 is 0 Å². The molecule has 0 radical (unpaired) electrons. The van der Waals surface area contributed by atoms with Gasteiger partial charge in [0.1, 0.15) is 11.9 Å². The predicted octanol–water partition coefficient (Wildman–Crippen LogP) is 3.80. The number of aromatic nitrogens is 2. The predicted molar refractivity (Wildman–Crippen MR) is 107 cm³/mol. The van der Waals surface area contributed by atoms with E-state index in [-0.39, 0.29) is 24.2 Å². The van der Waals surface area contributed by atoms with Gasteiger partial charge >= 0.3 is 0 Å². The van der Waals surface area contributed by atoms with Crippen LogP contribution < -0.4 is 9.47 Å². The van der Waals surface area contributed by atoms with Gasteiger partial charge in [-0.3, -0.25) is 4.79 Å². The third kappa shape index (κ3) is 3.98. The Morgan fingerprint density at radius 2 is 2.03 bits per heavy atom. The van der Waals surface area contributed by atoms with E-state index in [2.05, 4.69) is 10.1 Å². The number of rotatable bonds is 6. The standard InChI is InChI=1S/C22H22FN3O4/c1-28-18-9-8-15(13-19(18)29-2)21-24-22(30-25-21)17-7-4-10-26(17)20(27)12-14-5-3-6-16(23)11-14/h3,5-6,8-9,11,13,17H,4,7,10,12H2,1-2H3. The number of benzene rings is 2. The van der Waals surface area contributed by atoms with Crippen molar-refractivity contribution >= 4 is 5.91 Å². The molecule has 1 fully saturated rings. The van der Waals surface area contributed by atoms with Gasteiger partial charge in [0.2, 0.25) is 17.6 Å². The second kappa shape index (κ2) is 8.52. The van der Waals surface area contributed by atoms with E-state index in [1.807, 2.05) is 6.07 Å². The van der Waals surface area contributed by atoms with Crippen LogP contribution in [-0.4, -0.2) is 41.7 Å². The van der Waals surface area contributed by atoms with E-state index in [0.29, 0.717) is 35.3 Å². The molecule has 1 aliphatic rings. The van der Waals surface area contributed by atoms with E-state index in [4.69, 9.17) is 14.0 Å². The Morgan fingerprint density at radius 1 is 1.20 bits per heavy atom. The molecule has 30 heavy (non-hydrogen) atoms. The second-order valence-corrected chi connectivity index (χ2v) is 7.08. The maximum atomic E-state index is 13.4. The molecular formula is C22H22FN3O4. The van der Waals surface area contributed by atoms with Gasteiger partial charge in [-0.2, -0.15) is 4.98 Å². The lowest BCUT2D eigenvalue weighted by molar-refractivity contribution is -0.131. The highest BCUT2D eigenvalue weighted by molar-refractivity contribution is 5.79. The topological polar surface area (TPSA) is 77.7 Å². The molecule has 156 valence electrons. The SMILES string of the molecule is COc1ccc(-c2noc(C3CCCN3C(=O)Cc3cccc(F)c3)n2)cc1OC. The minimum absolute atomic E-state index is 0.0889. The minimum atomic E-state index is -0.352. The van der Waals surface area contributed by atoms with Crippen LogP contribution in [0.1, 0.15) is 30.3 Å². The Hall–Kier alpha value is -3.42. The monoisotopic (exact) mass is 411 g/mol. The lowest BCUT2D eigenvalue weighted by atomic mass is 10.1. The van der Waals surface area contributed by atoms with Gasteiger partial charge in [0.15, 0.2) is 11.5 Å². The van der Waals surface area contributed by atoms with Gasteiger partial charge in [-0.1, -0.05) is 17.3 Å². The first-order chi connectivity index (χ1) is 14.6. The lowest BCUT2D eigenvalue weighted by Gasteiger charge is -2.21. The zero-order valence-electron chi connectivity index (χ0n) is 16.8. The van der Waals surface area contributed by atoms with Crippen molar-refractivity contribution < 1.29 is 23.2 Å². The number of amides is 1. The molecule has 2 heterocycles. The zero-order valence-corrected chi connectivity index (χ0v) is 16.8. The molecule has 1 aliphatic heterocycles. The van der Waals surface area contributed by atoms with Crippen LogP contribution in [-0.2, 0) is 11.2 Å². The molecule has 0 spiro atoms. The molecule has 0 aliphatic carbocycles. The number of hydrogen-bond donors (Lipinski definition) is 0. The normalized spacial score (nSPS) is 16.0. The Balaban J connectivity index is 1.53. The fourth-order valence-corrected chi connectivity index (χ4v) is 3.71. The number of nitrogens with zero attached hydrogens (tertiary/aromatic N) is 3. The molecule has 4 rings (SSSR count). The molecule has 8 heteroatoms. The highest BCUT2D eigenvalue weighted by Crippen LogP contribution is 2.34. The summed E-state index contributed by atoms with van der Waals surface area (Å²) in [5, 5.41) is 4.08. The van der Waals surface area contributed by atoms with Gasteiger partial charge in [-0.05, 0) is 48.7 Å². The number of likely N-dealkylation sites (tertiary alicyclic amines) is 1. The summed E-state index contributed by atoms with van der Waals surface area (Å²) < 4.78 is 29.5. The van der Waals surface area contributed by atoms with E-state index in [9.17, 15) is 9.18 Å². The maximum Gasteiger partial charge on any atom is 0.249 e. The summed E-state index contributed by atoms with van der Waals surface area (Å²) in [5.41, 5.74) is 1.36. The lowest BCUT2D eigenvalue weighted by Crippen LogP contribution is -2.32. The molecular weight excluding hydrogens is 389 g/mol. The van der Waals surface area contributed by atoms with Crippen molar-refractivity contribution in [2.24, 2.45) is 0 Å². The molecule has 0 bridgehead atoms. The summed E-state index contributed by atoms with van der Waals surface area (Å²) >= 11 is 0. The van der Waals surface area contributed by atoms with E-state index in [0.717, 1.165) is 18.4 Å². The largest absolute Gasteiger partial charge is 0.493 e. The second-order valence-electron chi connectivity index (χ2n) is 7.08. The van der Waals surface area contributed by atoms with Crippen molar-refractivity contribution in [1.29, 1.82) is 0 Å². The summed E-state index contributed by atoms with van der Waals surface area (Å²) in [6.07, 6.45) is 1.71. The van der Waals surface area contributed by atoms with E-state index in [1.165, 1.54) is 12.1 Å². The fourth-order valence-electron chi connectivity index (χ4n) is 3.71. The molecule has 7 nitrogen and oxygen atoms in total. The number of carbonyl (C=O) groups excluding carboxylic acids is 1. The van der Waals surface area contributed by atoms with Crippen LogP contribution in [0.3, 0.4) is 0 Å². The first-order valence-corrected chi connectivity index (χ1v) is 9.69. The molecule has 0 N–H and O–H groups in total. The van der Waals surface area contributed by atoms with Gasteiger partial charge in [0.25, 0.3) is 0 Å². The van der Waals surface area contributed by atoms with Crippen LogP contribution in [0.5, 0.6) is 11.5 Å². The summed E-state index contributed by atoms with van der Waals surface area (Å²) in [4.78, 5) is 19.1. The molecule has 2 aromatic carbocycles. The smallest absolute Gasteiger partial charge is 0.249 e. The van der Waals surface area contributed by atoms with Crippen LogP contribution >= 0.6 is 0 Å². The minimum Gasteiger partial charge on any atom is -0.493 e. The zero-order chi connectivity index (χ0) is 21.1. The number of halogens is 1. The van der Waals surface area contributed by atoms with Crippen LogP contribution in [0.2, 0.25) is 0 Å². The van der Waals surface area contributed by atoms with Crippen molar-refractivity contribution in [3.8, 4) is 22.9 Å². The van der Waals surface area contributed by atoms with Crippen molar-refractivity contribution in [1.82, 2.24) is 15.0 Å². The quantitative estimate of drug-likeness (QED) is 0.614. The number of methoxy groups -OCH3 is 2. The Labute approximate surface area is 173 Å². The third-order valence-corrected chi connectivity index (χ3v) is 5.19. The molecule has 0 saturated carbocycles. The van der Waals surface area contributed by atoms with Crippen molar-refractivity contribution in [3.05, 3.63) is 59.7 Å². The Kier molecular flexibility index (Phi) is 5.65. The average molecular weight is 411 g/mol. The number of hydrogen-bond acceptors (Lipinski definition) is 6. The van der Waals surface area contributed by atoms with Gasteiger partial charge < -0.3 is 18.9 Å². The summed E-state index contributed by atoms with van der Waals surface area (Å²) in [7, 11) is 3.13. The molecule has 1 atom stereocenters. The Bertz CT molecular complexity index is 1050. The van der Waals surface area contributed by atoms with Crippen LogP contribution in [0.15, 0.2) is 47.0 Å². The summed E-state index contributed by atoms with van der Waals surface area (Å²) in [6.45, 7) is 0.604. The fraction of sp³-hybridized carbons (Fsp3) is 0.318. The Morgan fingerprint density at radius 3 is 2.80 bits per heavy atom. The van der Waals surface area contributed by atoms with Gasteiger partial charge in [0.05, 0.1) is 20.6 Å². The molecule has 1 amide bonds. The van der Waals surface area contributed by atoms with Crippen LogP contribution in [0.4, 0.5) is 4.39 Å². The highest BCUT2D eigenvalue weighted by atomic mass is 19.1. The van der Waals surface area contributed by atoms with Crippen molar-refractivity contribution in [2.45, 2.75) is 25.3 Å². The van der Waals surface area contributed by atoms with Gasteiger partial charge in [0, 0.05) is 12.1 Å². The average Bonchev–Trinajstić information content (AvgIpc) is 3.42. The highest BCUT2D eigenvalue weighted by Gasteiger charge is 2.34.